The summed E-state index contributed by atoms with van der Waals surface area (Å²) in [6.45, 7) is 2.30. The third kappa shape index (κ3) is 3.94. The van der Waals surface area contributed by atoms with Gasteiger partial charge < -0.3 is 9.64 Å². The third-order valence-electron chi connectivity index (χ3n) is 3.84. The minimum absolute atomic E-state index is 0.564. The Hall–Kier alpha value is 0.270. The summed E-state index contributed by atoms with van der Waals surface area (Å²) in [7, 11) is 2.29. The average molecular weight is 243 g/mol. The van der Waals surface area contributed by atoms with Crippen molar-refractivity contribution in [3.63, 3.8) is 0 Å². The molecule has 0 aromatic heterocycles. The molecule has 2 fully saturated rings. The van der Waals surface area contributed by atoms with Crippen LogP contribution in [0.3, 0.4) is 0 Å². The van der Waals surface area contributed by atoms with Crippen LogP contribution < -0.4 is 0 Å². The lowest BCUT2D eigenvalue weighted by atomic mass is 10.0. The molecule has 16 heavy (non-hydrogen) atoms. The van der Waals surface area contributed by atoms with Gasteiger partial charge in [-0.1, -0.05) is 6.42 Å². The Labute approximate surface area is 104 Å². The van der Waals surface area contributed by atoms with Crippen LogP contribution >= 0.6 is 11.8 Å². The zero-order valence-corrected chi connectivity index (χ0v) is 11.3. The Bertz CT molecular complexity index is 194. The second-order valence-corrected chi connectivity index (χ2v) is 6.28. The third-order valence-corrected chi connectivity index (χ3v) is 4.98. The van der Waals surface area contributed by atoms with Crippen LogP contribution in [0.25, 0.3) is 0 Å². The van der Waals surface area contributed by atoms with Crippen LogP contribution in [-0.2, 0) is 4.74 Å². The largest absolute Gasteiger partial charge is 0.377 e. The van der Waals surface area contributed by atoms with Gasteiger partial charge in [-0.3, -0.25) is 0 Å². The number of rotatable bonds is 5. The van der Waals surface area contributed by atoms with Gasteiger partial charge in [0, 0.05) is 18.4 Å². The molecule has 0 amide bonds. The monoisotopic (exact) mass is 243 g/mol. The molecule has 2 heterocycles. The molecule has 2 aliphatic heterocycles. The van der Waals surface area contributed by atoms with E-state index in [2.05, 4.69) is 23.7 Å². The van der Waals surface area contributed by atoms with Crippen molar-refractivity contribution in [1.82, 2.24) is 4.90 Å². The lowest BCUT2D eigenvalue weighted by molar-refractivity contribution is 0.129. The van der Waals surface area contributed by atoms with Gasteiger partial charge in [-0.25, -0.2) is 0 Å². The van der Waals surface area contributed by atoms with Crippen LogP contribution in [0.15, 0.2) is 0 Å². The maximum atomic E-state index is 5.63. The molecule has 0 unspecified atom stereocenters. The lowest BCUT2D eigenvalue weighted by Crippen LogP contribution is -2.36. The van der Waals surface area contributed by atoms with E-state index in [4.69, 9.17) is 4.74 Å². The fraction of sp³-hybridized carbons (Fsp3) is 1.00. The van der Waals surface area contributed by atoms with E-state index in [1.807, 2.05) is 0 Å². The van der Waals surface area contributed by atoms with Gasteiger partial charge >= 0.3 is 0 Å². The maximum absolute atomic E-state index is 5.63. The highest BCUT2D eigenvalue weighted by atomic mass is 32.2. The molecule has 0 aromatic rings. The molecule has 94 valence electrons. The number of likely N-dealkylation sites (tertiary alicyclic amines) is 1. The summed E-state index contributed by atoms with van der Waals surface area (Å²) < 4.78 is 5.63. The summed E-state index contributed by atoms with van der Waals surface area (Å²) >= 11 is 2.09. The first kappa shape index (κ1) is 12.7. The van der Waals surface area contributed by atoms with E-state index in [9.17, 15) is 0 Å². The fourth-order valence-corrected chi connectivity index (χ4v) is 3.85. The second-order valence-electron chi connectivity index (χ2n) is 5.13. The second kappa shape index (κ2) is 6.87. The van der Waals surface area contributed by atoms with Crippen molar-refractivity contribution in [3.05, 3.63) is 0 Å². The minimum atomic E-state index is 0.564. The van der Waals surface area contributed by atoms with E-state index >= 15 is 0 Å². The summed E-state index contributed by atoms with van der Waals surface area (Å²) in [5, 5.41) is 0. The van der Waals surface area contributed by atoms with E-state index in [-0.39, 0.29) is 0 Å². The molecule has 3 heteroatoms. The van der Waals surface area contributed by atoms with E-state index in [0.29, 0.717) is 6.10 Å². The van der Waals surface area contributed by atoms with Crippen molar-refractivity contribution in [2.24, 2.45) is 0 Å². The molecule has 0 bridgehead atoms. The van der Waals surface area contributed by atoms with Crippen LogP contribution in [-0.4, -0.2) is 48.8 Å². The Morgan fingerprint density at radius 2 is 2.19 bits per heavy atom. The Balaban J connectivity index is 1.53. The van der Waals surface area contributed by atoms with Gasteiger partial charge in [0.1, 0.15) is 0 Å². The number of ether oxygens (including phenoxy) is 1. The zero-order valence-electron chi connectivity index (χ0n) is 10.5. The van der Waals surface area contributed by atoms with Crippen LogP contribution in [0.4, 0.5) is 0 Å². The first-order valence-corrected chi connectivity index (χ1v) is 7.91. The van der Waals surface area contributed by atoms with Gasteiger partial charge in [0.25, 0.3) is 0 Å². The van der Waals surface area contributed by atoms with E-state index in [1.165, 1.54) is 56.6 Å². The van der Waals surface area contributed by atoms with Gasteiger partial charge in [-0.15, -0.1) is 0 Å². The summed E-state index contributed by atoms with van der Waals surface area (Å²) in [5.74, 6) is 2.53. The molecule has 2 saturated heterocycles. The quantitative estimate of drug-likeness (QED) is 0.689. The maximum Gasteiger partial charge on any atom is 0.0666 e. The summed E-state index contributed by atoms with van der Waals surface area (Å²) in [5.41, 5.74) is 0. The van der Waals surface area contributed by atoms with Gasteiger partial charge in [0.05, 0.1) is 6.10 Å². The van der Waals surface area contributed by atoms with E-state index in [1.54, 1.807) is 0 Å². The molecule has 2 rings (SSSR count). The van der Waals surface area contributed by atoms with Crippen LogP contribution in [0.1, 0.15) is 38.5 Å². The molecule has 2 aliphatic rings. The van der Waals surface area contributed by atoms with E-state index < -0.39 is 0 Å². The van der Waals surface area contributed by atoms with Gasteiger partial charge in [0.2, 0.25) is 0 Å². The van der Waals surface area contributed by atoms with Gasteiger partial charge in [-0.05, 0) is 51.4 Å². The predicted octanol–water partition coefficient (Wildman–Crippen LogP) is 2.77. The van der Waals surface area contributed by atoms with Crippen LogP contribution in [0, 0.1) is 0 Å². The standard InChI is InChI=1S/C13H25NOS/c1-14-8-3-2-5-12(14)7-10-16-11-13-6-4-9-15-13/h12-13H,2-11H2,1H3/t12-,13+/m0/s1. The number of thioether (sulfide) groups is 1. The molecule has 2 atom stereocenters. The van der Waals surface area contributed by atoms with Crippen molar-refractivity contribution in [3.8, 4) is 0 Å². The Kier molecular flexibility index (Phi) is 5.46. The number of nitrogens with zero attached hydrogens (tertiary/aromatic N) is 1. The van der Waals surface area contributed by atoms with Crippen LogP contribution in [0.5, 0.6) is 0 Å². The first-order chi connectivity index (χ1) is 7.86. The SMILES string of the molecule is CN1CCCC[C@H]1CCSC[C@H]1CCCO1. The number of hydrogen-bond donors (Lipinski definition) is 0. The zero-order chi connectivity index (χ0) is 11.2. The normalized spacial score (nSPS) is 32.1. The molecule has 0 spiro atoms. The molecule has 0 radical (unpaired) electrons. The highest BCUT2D eigenvalue weighted by molar-refractivity contribution is 7.99. The van der Waals surface area contributed by atoms with Gasteiger partial charge in [-0.2, -0.15) is 11.8 Å². The van der Waals surface area contributed by atoms with Crippen molar-refractivity contribution in [1.29, 1.82) is 0 Å². The Morgan fingerprint density at radius 3 is 2.94 bits per heavy atom. The molecule has 0 saturated carbocycles. The fourth-order valence-electron chi connectivity index (χ4n) is 2.72. The topological polar surface area (TPSA) is 12.5 Å². The number of hydrogen-bond acceptors (Lipinski definition) is 3. The van der Waals surface area contributed by atoms with Crippen LogP contribution in [0.2, 0.25) is 0 Å². The summed E-state index contributed by atoms with van der Waals surface area (Å²) in [6.07, 6.45) is 8.74. The minimum Gasteiger partial charge on any atom is -0.377 e. The highest BCUT2D eigenvalue weighted by Crippen LogP contribution is 2.22. The van der Waals surface area contributed by atoms with Crippen molar-refractivity contribution in [2.75, 3.05) is 31.7 Å². The van der Waals surface area contributed by atoms with Gasteiger partial charge in [0.15, 0.2) is 0 Å². The summed E-state index contributed by atoms with van der Waals surface area (Å²) in [6, 6.07) is 0.853. The average Bonchev–Trinajstić information content (AvgIpc) is 2.79. The first-order valence-electron chi connectivity index (χ1n) is 6.76. The Morgan fingerprint density at radius 1 is 1.25 bits per heavy atom. The lowest BCUT2D eigenvalue weighted by Gasteiger charge is -2.32. The summed E-state index contributed by atoms with van der Waals surface area (Å²) in [4.78, 5) is 2.55. The molecule has 0 aromatic carbocycles. The smallest absolute Gasteiger partial charge is 0.0666 e. The van der Waals surface area contributed by atoms with Crippen molar-refractivity contribution in [2.45, 2.75) is 50.7 Å². The molecular weight excluding hydrogens is 218 g/mol. The predicted molar refractivity (Wildman–Crippen MR) is 71.2 cm³/mol. The van der Waals surface area contributed by atoms with E-state index in [0.717, 1.165) is 12.6 Å². The highest BCUT2D eigenvalue weighted by Gasteiger charge is 2.19. The molecule has 2 nitrogen and oxygen atoms in total. The molecule has 0 aliphatic carbocycles. The molecule has 0 N–H and O–H groups in total. The number of piperidine rings is 1. The van der Waals surface area contributed by atoms with Crippen molar-refractivity contribution < 1.29 is 4.74 Å². The van der Waals surface area contributed by atoms with Crippen molar-refractivity contribution >= 4 is 11.8 Å². The molecular formula is C13H25NOS.